The number of pyridine rings is 1. The number of rotatable bonds is 5. The van der Waals surface area contributed by atoms with Crippen molar-refractivity contribution in [3.63, 3.8) is 0 Å². The standard InChI is InChI=1S/C20H20N4O2/c1-20(2,19(26)22-14-15-7-6-12-21-13-15)24-18(25)11-10-17(23-24)16-8-4-3-5-9-16/h3-13H,14H2,1-2H3,(H,22,26). The van der Waals surface area contributed by atoms with E-state index in [2.05, 4.69) is 15.4 Å². The zero-order valence-electron chi connectivity index (χ0n) is 14.7. The Morgan fingerprint density at radius 1 is 1.08 bits per heavy atom. The molecule has 0 saturated heterocycles. The molecule has 1 amide bonds. The van der Waals surface area contributed by atoms with Crippen molar-refractivity contribution in [3.05, 3.63) is 82.9 Å². The highest BCUT2D eigenvalue weighted by molar-refractivity contribution is 5.83. The van der Waals surface area contributed by atoms with Gasteiger partial charge in [0.1, 0.15) is 5.54 Å². The number of benzene rings is 1. The molecule has 0 aliphatic carbocycles. The van der Waals surface area contributed by atoms with Crippen molar-refractivity contribution in [2.75, 3.05) is 0 Å². The van der Waals surface area contributed by atoms with E-state index in [-0.39, 0.29) is 11.5 Å². The van der Waals surface area contributed by atoms with E-state index in [1.54, 1.807) is 32.3 Å². The smallest absolute Gasteiger partial charge is 0.267 e. The van der Waals surface area contributed by atoms with E-state index in [1.807, 2.05) is 42.5 Å². The Balaban J connectivity index is 1.86. The van der Waals surface area contributed by atoms with Crippen LogP contribution in [-0.4, -0.2) is 20.7 Å². The molecule has 0 aliphatic rings. The molecule has 0 bridgehead atoms. The van der Waals surface area contributed by atoms with Gasteiger partial charge in [-0.05, 0) is 31.5 Å². The lowest BCUT2D eigenvalue weighted by Crippen LogP contribution is -2.49. The number of amides is 1. The number of nitrogens with one attached hydrogen (secondary N) is 1. The van der Waals surface area contributed by atoms with Crippen molar-refractivity contribution in [3.8, 4) is 11.3 Å². The van der Waals surface area contributed by atoms with Crippen molar-refractivity contribution in [1.82, 2.24) is 20.1 Å². The van der Waals surface area contributed by atoms with E-state index in [1.165, 1.54) is 10.7 Å². The molecule has 0 saturated carbocycles. The van der Waals surface area contributed by atoms with E-state index >= 15 is 0 Å². The molecule has 1 N–H and O–H groups in total. The van der Waals surface area contributed by atoms with Crippen LogP contribution in [0.5, 0.6) is 0 Å². The molecule has 132 valence electrons. The van der Waals surface area contributed by atoms with Crippen LogP contribution in [0.3, 0.4) is 0 Å². The Labute approximate surface area is 151 Å². The molecule has 6 nitrogen and oxygen atoms in total. The lowest BCUT2D eigenvalue weighted by molar-refractivity contribution is -0.129. The van der Waals surface area contributed by atoms with Gasteiger partial charge in [0.05, 0.1) is 5.69 Å². The third-order valence-corrected chi connectivity index (χ3v) is 4.13. The molecule has 2 aromatic heterocycles. The molecule has 1 aromatic carbocycles. The third-order valence-electron chi connectivity index (χ3n) is 4.13. The first kappa shape index (κ1) is 17.5. The van der Waals surface area contributed by atoms with E-state index in [9.17, 15) is 9.59 Å². The summed E-state index contributed by atoms with van der Waals surface area (Å²) >= 11 is 0. The maximum atomic E-state index is 12.7. The molecule has 0 spiro atoms. The molecule has 0 aliphatic heterocycles. The molecular formula is C20H20N4O2. The maximum absolute atomic E-state index is 12.7. The fraction of sp³-hybridized carbons (Fsp3) is 0.200. The lowest BCUT2D eigenvalue weighted by atomic mass is 10.0. The number of carbonyl (C=O) groups excluding carboxylic acids is 1. The van der Waals surface area contributed by atoms with Crippen molar-refractivity contribution in [2.45, 2.75) is 25.9 Å². The third kappa shape index (κ3) is 3.69. The second-order valence-electron chi connectivity index (χ2n) is 6.44. The Kier molecular flexibility index (Phi) is 4.93. The zero-order chi connectivity index (χ0) is 18.6. The number of carbonyl (C=O) groups is 1. The van der Waals surface area contributed by atoms with Crippen LogP contribution in [0, 0.1) is 0 Å². The van der Waals surface area contributed by atoms with Crippen molar-refractivity contribution in [1.29, 1.82) is 0 Å². The molecule has 0 unspecified atom stereocenters. The normalized spacial score (nSPS) is 11.2. The monoisotopic (exact) mass is 348 g/mol. The summed E-state index contributed by atoms with van der Waals surface area (Å²) in [7, 11) is 0. The summed E-state index contributed by atoms with van der Waals surface area (Å²) in [4.78, 5) is 29.1. The molecule has 6 heteroatoms. The molecular weight excluding hydrogens is 328 g/mol. The molecule has 0 atom stereocenters. The fourth-order valence-electron chi connectivity index (χ4n) is 2.57. The average Bonchev–Trinajstić information content (AvgIpc) is 2.67. The van der Waals surface area contributed by atoms with Gasteiger partial charge >= 0.3 is 0 Å². The van der Waals surface area contributed by atoms with Crippen molar-refractivity contribution < 1.29 is 4.79 Å². The first-order chi connectivity index (χ1) is 12.5. The topological polar surface area (TPSA) is 76.9 Å². The van der Waals surface area contributed by atoms with Gasteiger partial charge in [0.2, 0.25) is 5.91 Å². The summed E-state index contributed by atoms with van der Waals surface area (Å²) in [6.07, 6.45) is 3.36. The van der Waals surface area contributed by atoms with Gasteiger partial charge < -0.3 is 5.32 Å². The van der Waals surface area contributed by atoms with Crippen molar-refractivity contribution in [2.24, 2.45) is 0 Å². The molecule has 3 rings (SSSR count). The van der Waals surface area contributed by atoms with Gasteiger partial charge in [0, 0.05) is 30.6 Å². The van der Waals surface area contributed by atoms with Gasteiger partial charge in [0.15, 0.2) is 0 Å². The highest BCUT2D eigenvalue weighted by Gasteiger charge is 2.32. The summed E-state index contributed by atoms with van der Waals surface area (Å²) in [5.74, 6) is -0.291. The van der Waals surface area contributed by atoms with Gasteiger partial charge in [-0.2, -0.15) is 5.10 Å². The van der Waals surface area contributed by atoms with Gasteiger partial charge in [-0.1, -0.05) is 36.4 Å². The number of hydrogen-bond acceptors (Lipinski definition) is 4. The Hall–Kier alpha value is -3.28. The van der Waals surface area contributed by atoms with E-state index in [0.717, 1.165) is 11.1 Å². The first-order valence-corrected chi connectivity index (χ1v) is 8.32. The van der Waals surface area contributed by atoms with Crippen LogP contribution >= 0.6 is 0 Å². The number of nitrogens with zero attached hydrogens (tertiary/aromatic N) is 3. The lowest BCUT2D eigenvalue weighted by Gasteiger charge is -2.25. The van der Waals surface area contributed by atoms with Crippen LogP contribution in [0.15, 0.2) is 71.8 Å². The van der Waals surface area contributed by atoms with Crippen molar-refractivity contribution >= 4 is 5.91 Å². The van der Waals surface area contributed by atoms with E-state index in [0.29, 0.717) is 12.2 Å². The average molecular weight is 348 g/mol. The van der Waals surface area contributed by atoms with Crippen LogP contribution in [0.1, 0.15) is 19.4 Å². The fourth-order valence-corrected chi connectivity index (χ4v) is 2.57. The van der Waals surface area contributed by atoms with Crippen LogP contribution in [0.4, 0.5) is 0 Å². The highest BCUT2D eigenvalue weighted by Crippen LogP contribution is 2.17. The minimum atomic E-state index is -1.13. The Bertz CT molecular complexity index is 950. The quantitative estimate of drug-likeness (QED) is 0.768. The molecule has 0 radical (unpaired) electrons. The second-order valence-corrected chi connectivity index (χ2v) is 6.44. The predicted molar refractivity (Wildman–Crippen MR) is 99.3 cm³/mol. The van der Waals surface area contributed by atoms with Gasteiger partial charge in [-0.15, -0.1) is 0 Å². The van der Waals surface area contributed by atoms with E-state index in [4.69, 9.17) is 0 Å². The second kappa shape index (κ2) is 7.31. The highest BCUT2D eigenvalue weighted by atomic mass is 16.2. The largest absolute Gasteiger partial charge is 0.350 e. The Morgan fingerprint density at radius 3 is 2.54 bits per heavy atom. The number of aromatic nitrogens is 3. The van der Waals surface area contributed by atoms with Gasteiger partial charge in [-0.25, -0.2) is 4.68 Å². The minimum Gasteiger partial charge on any atom is -0.350 e. The van der Waals surface area contributed by atoms with E-state index < -0.39 is 5.54 Å². The SMILES string of the molecule is CC(C)(C(=O)NCc1cccnc1)n1nc(-c2ccccc2)ccc1=O. The number of hydrogen-bond donors (Lipinski definition) is 1. The first-order valence-electron chi connectivity index (χ1n) is 8.32. The van der Waals surface area contributed by atoms with Gasteiger partial charge in [-0.3, -0.25) is 14.6 Å². The maximum Gasteiger partial charge on any atom is 0.267 e. The van der Waals surface area contributed by atoms with Crippen LogP contribution < -0.4 is 10.9 Å². The summed E-state index contributed by atoms with van der Waals surface area (Å²) in [5.41, 5.74) is 0.941. The minimum absolute atomic E-state index is 0.291. The predicted octanol–water partition coefficient (Wildman–Crippen LogP) is 2.36. The summed E-state index contributed by atoms with van der Waals surface area (Å²) in [5, 5.41) is 7.27. The van der Waals surface area contributed by atoms with Crippen LogP contribution in [0.2, 0.25) is 0 Å². The molecule has 26 heavy (non-hydrogen) atoms. The van der Waals surface area contributed by atoms with Crippen LogP contribution in [-0.2, 0) is 16.9 Å². The summed E-state index contributed by atoms with van der Waals surface area (Å²) in [6.45, 7) is 3.69. The molecule has 0 fully saturated rings. The Morgan fingerprint density at radius 2 is 1.85 bits per heavy atom. The molecule has 3 aromatic rings. The van der Waals surface area contributed by atoms with Gasteiger partial charge in [0.25, 0.3) is 5.56 Å². The summed E-state index contributed by atoms with van der Waals surface area (Å²) < 4.78 is 1.23. The molecule has 2 heterocycles. The van der Waals surface area contributed by atoms with Crippen LogP contribution in [0.25, 0.3) is 11.3 Å². The summed E-state index contributed by atoms with van der Waals surface area (Å²) in [6, 6.07) is 16.3. The zero-order valence-corrected chi connectivity index (χ0v) is 14.7.